The fourth-order valence-corrected chi connectivity index (χ4v) is 1.82. The highest BCUT2D eigenvalue weighted by molar-refractivity contribution is 6.31. The number of pyridine rings is 1. The lowest BCUT2D eigenvalue weighted by atomic mass is 10.3. The van der Waals surface area contributed by atoms with Crippen LogP contribution in [-0.4, -0.2) is 20.7 Å². The lowest BCUT2D eigenvalue weighted by Crippen LogP contribution is -2.20. The van der Waals surface area contributed by atoms with Crippen LogP contribution >= 0.6 is 11.6 Å². The Balaban J connectivity index is 2.05. The van der Waals surface area contributed by atoms with Gasteiger partial charge in [-0.1, -0.05) is 17.7 Å². The zero-order valence-corrected chi connectivity index (χ0v) is 11.8. The maximum atomic E-state index is 11.9. The van der Waals surface area contributed by atoms with Gasteiger partial charge in [0, 0.05) is 6.20 Å². The minimum absolute atomic E-state index is 0.120. The van der Waals surface area contributed by atoms with Crippen LogP contribution in [0, 0.1) is 20.8 Å². The molecule has 0 aliphatic carbocycles. The van der Waals surface area contributed by atoms with E-state index in [0.717, 1.165) is 17.0 Å². The predicted molar refractivity (Wildman–Crippen MR) is 74.3 cm³/mol. The van der Waals surface area contributed by atoms with Gasteiger partial charge in [0.15, 0.2) is 0 Å². The number of rotatable bonds is 3. The Bertz CT molecular complexity index is 604. The first-order valence-corrected chi connectivity index (χ1v) is 6.27. The van der Waals surface area contributed by atoms with Crippen LogP contribution in [0.15, 0.2) is 18.3 Å². The molecule has 0 aliphatic heterocycles. The van der Waals surface area contributed by atoms with Gasteiger partial charge in [0.25, 0.3) is 0 Å². The summed E-state index contributed by atoms with van der Waals surface area (Å²) < 4.78 is 1.58. The van der Waals surface area contributed by atoms with E-state index in [0.29, 0.717) is 10.8 Å². The van der Waals surface area contributed by atoms with Gasteiger partial charge in [-0.15, -0.1) is 0 Å². The number of anilines is 1. The van der Waals surface area contributed by atoms with Crippen molar-refractivity contribution in [1.82, 2.24) is 14.8 Å². The molecule has 1 amide bonds. The standard InChI is InChI=1S/C13H15ClN4O/c1-8-4-5-11(15-6-8)16-12(19)7-18-10(3)13(14)9(2)17-18/h4-6H,7H2,1-3H3,(H,15,16,19). The number of hydrogen-bond acceptors (Lipinski definition) is 3. The van der Waals surface area contributed by atoms with Crippen molar-refractivity contribution in [2.75, 3.05) is 5.32 Å². The number of halogens is 1. The second kappa shape index (κ2) is 5.40. The summed E-state index contributed by atoms with van der Waals surface area (Å²) in [5, 5.41) is 7.53. The molecule has 0 unspecified atom stereocenters. The topological polar surface area (TPSA) is 59.8 Å². The van der Waals surface area contributed by atoms with Gasteiger partial charge in [-0.25, -0.2) is 4.98 Å². The Labute approximate surface area is 116 Å². The SMILES string of the molecule is Cc1ccc(NC(=O)Cn2nc(C)c(Cl)c2C)nc1. The van der Waals surface area contributed by atoms with E-state index in [9.17, 15) is 4.79 Å². The van der Waals surface area contributed by atoms with E-state index in [1.807, 2.05) is 26.8 Å². The van der Waals surface area contributed by atoms with E-state index in [1.165, 1.54) is 0 Å². The minimum Gasteiger partial charge on any atom is -0.309 e. The number of aromatic nitrogens is 3. The van der Waals surface area contributed by atoms with Crippen LogP contribution in [-0.2, 0) is 11.3 Å². The summed E-state index contributed by atoms with van der Waals surface area (Å²) in [6.45, 7) is 5.70. The third-order valence-corrected chi connectivity index (χ3v) is 3.31. The number of nitrogens with one attached hydrogen (secondary N) is 1. The maximum Gasteiger partial charge on any atom is 0.247 e. The molecule has 0 aliphatic rings. The Kier molecular flexibility index (Phi) is 3.85. The van der Waals surface area contributed by atoms with Crippen molar-refractivity contribution >= 4 is 23.3 Å². The molecule has 0 aromatic carbocycles. The second-order valence-corrected chi connectivity index (χ2v) is 4.79. The Morgan fingerprint density at radius 3 is 2.63 bits per heavy atom. The van der Waals surface area contributed by atoms with Crippen molar-refractivity contribution in [3.8, 4) is 0 Å². The van der Waals surface area contributed by atoms with Crippen LogP contribution in [0.5, 0.6) is 0 Å². The van der Waals surface area contributed by atoms with Gasteiger partial charge in [-0.05, 0) is 32.4 Å². The number of hydrogen-bond donors (Lipinski definition) is 1. The first-order chi connectivity index (χ1) is 8.97. The molecule has 100 valence electrons. The molecule has 19 heavy (non-hydrogen) atoms. The summed E-state index contributed by atoms with van der Waals surface area (Å²) in [6.07, 6.45) is 1.70. The zero-order valence-electron chi connectivity index (χ0n) is 11.1. The summed E-state index contributed by atoms with van der Waals surface area (Å²) in [4.78, 5) is 16.0. The van der Waals surface area contributed by atoms with Gasteiger partial charge >= 0.3 is 0 Å². The van der Waals surface area contributed by atoms with Gasteiger partial charge in [-0.3, -0.25) is 9.48 Å². The molecule has 1 N–H and O–H groups in total. The van der Waals surface area contributed by atoms with Gasteiger partial charge in [-0.2, -0.15) is 5.10 Å². The van der Waals surface area contributed by atoms with Gasteiger partial charge in [0.05, 0.1) is 16.4 Å². The zero-order chi connectivity index (χ0) is 14.0. The average Bonchev–Trinajstić information content (AvgIpc) is 2.60. The molecule has 0 spiro atoms. The molecular weight excluding hydrogens is 264 g/mol. The van der Waals surface area contributed by atoms with E-state index in [4.69, 9.17) is 11.6 Å². The molecule has 2 aromatic rings. The van der Waals surface area contributed by atoms with Crippen LogP contribution in [0.3, 0.4) is 0 Å². The molecule has 6 heteroatoms. The van der Waals surface area contributed by atoms with Crippen LogP contribution in [0.1, 0.15) is 17.0 Å². The van der Waals surface area contributed by atoms with Crippen LogP contribution in [0.2, 0.25) is 5.02 Å². The Hall–Kier alpha value is -1.88. The molecule has 0 saturated heterocycles. The average molecular weight is 279 g/mol. The molecule has 2 heterocycles. The minimum atomic E-state index is -0.182. The fraction of sp³-hybridized carbons (Fsp3) is 0.308. The molecule has 0 atom stereocenters. The normalized spacial score (nSPS) is 10.5. The summed E-state index contributed by atoms with van der Waals surface area (Å²) in [5.74, 6) is 0.349. The molecule has 5 nitrogen and oxygen atoms in total. The second-order valence-electron chi connectivity index (χ2n) is 4.41. The highest BCUT2D eigenvalue weighted by Crippen LogP contribution is 2.18. The smallest absolute Gasteiger partial charge is 0.247 e. The lowest BCUT2D eigenvalue weighted by Gasteiger charge is -2.06. The largest absolute Gasteiger partial charge is 0.309 e. The number of amides is 1. The van der Waals surface area contributed by atoms with Crippen LogP contribution in [0.25, 0.3) is 0 Å². The quantitative estimate of drug-likeness (QED) is 0.938. The molecule has 0 saturated carbocycles. The van der Waals surface area contributed by atoms with Crippen molar-refractivity contribution in [2.24, 2.45) is 0 Å². The molecule has 2 rings (SSSR count). The molecule has 0 bridgehead atoms. The number of carbonyl (C=O) groups excluding carboxylic acids is 1. The van der Waals surface area contributed by atoms with E-state index < -0.39 is 0 Å². The van der Waals surface area contributed by atoms with Gasteiger partial charge in [0.2, 0.25) is 5.91 Å². The monoisotopic (exact) mass is 278 g/mol. The van der Waals surface area contributed by atoms with Crippen molar-refractivity contribution in [3.05, 3.63) is 40.3 Å². The molecule has 0 fully saturated rings. The van der Waals surface area contributed by atoms with Crippen LogP contribution in [0.4, 0.5) is 5.82 Å². The summed E-state index contributed by atoms with van der Waals surface area (Å²) in [5.41, 5.74) is 2.55. The third-order valence-electron chi connectivity index (χ3n) is 2.77. The molecule has 2 aromatic heterocycles. The Morgan fingerprint density at radius 1 is 1.37 bits per heavy atom. The maximum absolute atomic E-state index is 11.9. The molecule has 0 radical (unpaired) electrons. The van der Waals surface area contributed by atoms with Crippen molar-refractivity contribution in [2.45, 2.75) is 27.3 Å². The summed E-state index contributed by atoms with van der Waals surface area (Å²) in [7, 11) is 0. The number of aryl methyl sites for hydroxylation is 2. The van der Waals surface area contributed by atoms with Crippen molar-refractivity contribution in [1.29, 1.82) is 0 Å². The van der Waals surface area contributed by atoms with E-state index in [2.05, 4.69) is 15.4 Å². The fourth-order valence-electron chi connectivity index (χ4n) is 1.69. The molecular formula is C13H15ClN4O. The highest BCUT2D eigenvalue weighted by Gasteiger charge is 2.12. The van der Waals surface area contributed by atoms with Gasteiger partial charge in [0.1, 0.15) is 12.4 Å². The highest BCUT2D eigenvalue weighted by atomic mass is 35.5. The third kappa shape index (κ3) is 3.12. The predicted octanol–water partition coefficient (Wildman–Crippen LogP) is 2.50. The van der Waals surface area contributed by atoms with Crippen molar-refractivity contribution in [3.63, 3.8) is 0 Å². The van der Waals surface area contributed by atoms with E-state index >= 15 is 0 Å². The first-order valence-electron chi connectivity index (χ1n) is 5.89. The Morgan fingerprint density at radius 2 is 2.11 bits per heavy atom. The summed E-state index contributed by atoms with van der Waals surface area (Å²) >= 11 is 6.03. The van der Waals surface area contributed by atoms with Crippen molar-refractivity contribution < 1.29 is 4.79 Å². The van der Waals surface area contributed by atoms with E-state index in [1.54, 1.807) is 16.9 Å². The van der Waals surface area contributed by atoms with Crippen LogP contribution < -0.4 is 5.32 Å². The number of carbonyl (C=O) groups is 1. The summed E-state index contributed by atoms with van der Waals surface area (Å²) in [6, 6.07) is 3.66. The lowest BCUT2D eigenvalue weighted by molar-refractivity contribution is -0.117. The van der Waals surface area contributed by atoms with Gasteiger partial charge < -0.3 is 5.32 Å². The van der Waals surface area contributed by atoms with E-state index in [-0.39, 0.29) is 12.5 Å². The first kappa shape index (κ1) is 13.5. The number of nitrogens with zero attached hydrogens (tertiary/aromatic N) is 3.